The molecule has 1 aromatic carbocycles. The lowest BCUT2D eigenvalue weighted by Crippen LogP contribution is -2.13. The van der Waals surface area contributed by atoms with Crippen LogP contribution in [-0.2, 0) is 4.79 Å². The van der Waals surface area contributed by atoms with E-state index in [9.17, 15) is 4.79 Å². The number of aryl methyl sites for hydroxylation is 1. The number of amidine groups is 1. The van der Waals surface area contributed by atoms with Gasteiger partial charge in [-0.25, -0.2) is 4.99 Å². The molecule has 0 saturated carbocycles. The van der Waals surface area contributed by atoms with Crippen LogP contribution < -0.4 is 10.6 Å². The highest BCUT2D eigenvalue weighted by molar-refractivity contribution is 8.13. The van der Waals surface area contributed by atoms with E-state index < -0.39 is 0 Å². The molecule has 0 aliphatic rings. The summed E-state index contributed by atoms with van der Waals surface area (Å²) >= 11 is 1.33. The molecule has 0 aliphatic carbocycles. The van der Waals surface area contributed by atoms with Crippen LogP contribution in [0.3, 0.4) is 0 Å². The van der Waals surface area contributed by atoms with Crippen molar-refractivity contribution in [2.45, 2.75) is 20.3 Å². The Balaban J connectivity index is 3.13. The Morgan fingerprint density at radius 1 is 1.53 bits per heavy atom. The molecule has 0 fully saturated rings. The van der Waals surface area contributed by atoms with Gasteiger partial charge in [-0.3, -0.25) is 10.1 Å². The fourth-order valence-corrected chi connectivity index (χ4v) is 1.70. The number of anilines is 1. The van der Waals surface area contributed by atoms with Gasteiger partial charge in [-0.05, 0) is 30.9 Å². The first-order valence-electron chi connectivity index (χ1n) is 5.79. The smallest absolute Gasteiger partial charge is 0.224 e. The molecule has 0 aliphatic heterocycles. The summed E-state index contributed by atoms with van der Waals surface area (Å²) < 4.78 is 0. The number of thioether (sulfide) groups is 1. The van der Waals surface area contributed by atoms with Crippen molar-refractivity contribution in [1.29, 1.82) is 5.26 Å². The SMILES string of the molecule is CCC(=O)Nc1ccc(C)cc1N=C(NC#N)SC. The van der Waals surface area contributed by atoms with E-state index in [1.807, 2.05) is 37.6 Å². The molecule has 0 heterocycles. The molecular weight excluding hydrogens is 260 g/mol. The molecule has 1 aromatic rings. The summed E-state index contributed by atoms with van der Waals surface area (Å²) in [6.45, 7) is 3.73. The molecule has 2 N–H and O–H groups in total. The maximum atomic E-state index is 11.5. The van der Waals surface area contributed by atoms with Gasteiger partial charge < -0.3 is 5.32 Å². The van der Waals surface area contributed by atoms with Crippen LogP contribution in [0.4, 0.5) is 11.4 Å². The van der Waals surface area contributed by atoms with Gasteiger partial charge in [0.15, 0.2) is 11.4 Å². The van der Waals surface area contributed by atoms with Crippen LogP contribution in [0.25, 0.3) is 0 Å². The predicted octanol–water partition coefficient (Wildman–Crippen LogP) is 2.76. The van der Waals surface area contributed by atoms with Crippen LogP contribution in [0.5, 0.6) is 0 Å². The Labute approximate surface area is 117 Å². The molecule has 100 valence electrons. The molecule has 6 heteroatoms. The number of hydrogen-bond donors (Lipinski definition) is 2. The first-order chi connectivity index (χ1) is 9.10. The lowest BCUT2D eigenvalue weighted by Gasteiger charge is -2.09. The van der Waals surface area contributed by atoms with Crippen LogP contribution in [0.2, 0.25) is 0 Å². The molecule has 0 radical (unpaired) electrons. The molecule has 0 unspecified atom stereocenters. The van der Waals surface area contributed by atoms with Crippen LogP contribution >= 0.6 is 11.8 Å². The quantitative estimate of drug-likeness (QED) is 0.385. The highest BCUT2D eigenvalue weighted by atomic mass is 32.2. The molecule has 0 saturated heterocycles. The van der Waals surface area contributed by atoms with Crippen molar-refractivity contribution in [3.8, 4) is 6.19 Å². The Morgan fingerprint density at radius 3 is 2.84 bits per heavy atom. The summed E-state index contributed by atoms with van der Waals surface area (Å²) in [5.74, 6) is -0.0701. The van der Waals surface area contributed by atoms with E-state index in [2.05, 4.69) is 15.6 Å². The minimum atomic E-state index is -0.0701. The van der Waals surface area contributed by atoms with Crippen molar-refractivity contribution < 1.29 is 4.79 Å². The van der Waals surface area contributed by atoms with Crippen molar-refractivity contribution in [1.82, 2.24) is 5.32 Å². The third kappa shape index (κ3) is 4.64. The van der Waals surface area contributed by atoms with E-state index in [0.29, 0.717) is 23.0 Å². The average Bonchev–Trinajstić information content (AvgIpc) is 2.41. The van der Waals surface area contributed by atoms with Crippen LogP contribution in [0.1, 0.15) is 18.9 Å². The van der Waals surface area contributed by atoms with Gasteiger partial charge in [0.05, 0.1) is 11.4 Å². The van der Waals surface area contributed by atoms with Crippen LogP contribution in [-0.4, -0.2) is 17.3 Å². The van der Waals surface area contributed by atoms with Gasteiger partial charge in [-0.2, -0.15) is 5.26 Å². The maximum absolute atomic E-state index is 11.5. The van der Waals surface area contributed by atoms with Gasteiger partial charge in [0, 0.05) is 6.42 Å². The van der Waals surface area contributed by atoms with E-state index in [4.69, 9.17) is 5.26 Å². The molecule has 19 heavy (non-hydrogen) atoms. The second-order valence-corrected chi connectivity index (χ2v) is 4.58. The second-order valence-electron chi connectivity index (χ2n) is 3.78. The average molecular weight is 276 g/mol. The number of nitriles is 1. The monoisotopic (exact) mass is 276 g/mol. The Morgan fingerprint density at radius 2 is 2.26 bits per heavy atom. The minimum absolute atomic E-state index is 0.0701. The standard InChI is InChI=1S/C13H16N4OS/c1-4-12(18)16-10-6-5-9(2)7-11(10)17-13(19-3)15-8-14/h5-7H,4H2,1-3H3,(H,15,17)(H,16,18). The Hall–Kier alpha value is -2.00. The number of carbonyl (C=O) groups excluding carboxylic acids is 1. The summed E-state index contributed by atoms with van der Waals surface area (Å²) in [6, 6.07) is 5.58. The number of hydrogen-bond acceptors (Lipinski definition) is 4. The lowest BCUT2D eigenvalue weighted by atomic mass is 10.2. The fraction of sp³-hybridized carbons (Fsp3) is 0.308. The Kier molecular flexibility index (Phi) is 5.90. The summed E-state index contributed by atoms with van der Waals surface area (Å²) in [6.07, 6.45) is 4.06. The highest BCUT2D eigenvalue weighted by Crippen LogP contribution is 2.27. The number of carbonyl (C=O) groups is 1. The summed E-state index contributed by atoms with van der Waals surface area (Å²) in [5.41, 5.74) is 2.31. The number of nitrogens with zero attached hydrogens (tertiary/aromatic N) is 2. The van der Waals surface area contributed by atoms with E-state index in [1.54, 1.807) is 6.92 Å². The summed E-state index contributed by atoms with van der Waals surface area (Å²) in [7, 11) is 0. The summed E-state index contributed by atoms with van der Waals surface area (Å²) in [5, 5.41) is 14.4. The largest absolute Gasteiger partial charge is 0.324 e. The molecule has 1 rings (SSSR count). The molecular formula is C13H16N4OS. The van der Waals surface area contributed by atoms with Crippen LogP contribution in [0, 0.1) is 18.4 Å². The molecule has 0 spiro atoms. The Bertz CT molecular complexity index is 534. The lowest BCUT2D eigenvalue weighted by molar-refractivity contribution is -0.115. The van der Waals surface area contributed by atoms with Crippen molar-refractivity contribution in [3.05, 3.63) is 23.8 Å². The van der Waals surface area contributed by atoms with E-state index in [0.717, 1.165) is 5.56 Å². The van der Waals surface area contributed by atoms with Crippen molar-refractivity contribution in [2.75, 3.05) is 11.6 Å². The second kappa shape index (κ2) is 7.44. The zero-order valence-corrected chi connectivity index (χ0v) is 12.0. The molecule has 0 aromatic heterocycles. The van der Waals surface area contributed by atoms with E-state index in [1.165, 1.54) is 11.8 Å². The zero-order valence-electron chi connectivity index (χ0n) is 11.2. The van der Waals surface area contributed by atoms with Gasteiger partial charge in [0.25, 0.3) is 0 Å². The third-order valence-corrected chi connectivity index (χ3v) is 2.91. The molecule has 0 bridgehead atoms. The summed E-state index contributed by atoms with van der Waals surface area (Å²) in [4.78, 5) is 15.8. The number of aliphatic imine (C=N–C) groups is 1. The molecule has 0 atom stereocenters. The van der Waals surface area contributed by atoms with Gasteiger partial charge in [-0.1, -0.05) is 24.8 Å². The molecule has 5 nitrogen and oxygen atoms in total. The third-order valence-electron chi connectivity index (χ3n) is 2.33. The van der Waals surface area contributed by atoms with Crippen LogP contribution in [0.15, 0.2) is 23.2 Å². The predicted molar refractivity (Wildman–Crippen MR) is 79.5 cm³/mol. The van der Waals surface area contributed by atoms with Gasteiger partial charge in [-0.15, -0.1) is 0 Å². The number of nitrogens with one attached hydrogen (secondary N) is 2. The zero-order chi connectivity index (χ0) is 14.3. The minimum Gasteiger partial charge on any atom is -0.324 e. The number of benzene rings is 1. The first-order valence-corrected chi connectivity index (χ1v) is 7.01. The van der Waals surface area contributed by atoms with Gasteiger partial charge >= 0.3 is 0 Å². The normalized spacial score (nSPS) is 10.7. The van der Waals surface area contributed by atoms with E-state index >= 15 is 0 Å². The fourth-order valence-electron chi connectivity index (χ4n) is 1.36. The van der Waals surface area contributed by atoms with Gasteiger partial charge in [0.2, 0.25) is 5.91 Å². The van der Waals surface area contributed by atoms with Crippen molar-refractivity contribution in [2.24, 2.45) is 4.99 Å². The van der Waals surface area contributed by atoms with Crippen molar-refractivity contribution >= 4 is 34.2 Å². The first kappa shape index (κ1) is 15.1. The highest BCUT2D eigenvalue weighted by Gasteiger charge is 2.06. The maximum Gasteiger partial charge on any atom is 0.224 e. The van der Waals surface area contributed by atoms with E-state index in [-0.39, 0.29) is 5.91 Å². The number of amides is 1. The number of rotatable bonds is 3. The topological polar surface area (TPSA) is 77.3 Å². The van der Waals surface area contributed by atoms with Crippen molar-refractivity contribution in [3.63, 3.8) is 0 Å². The molecule has 1 amide bonds. The van der Waals surface area contributed by atoms with Gasteiger partial charge in [0.1, 0.15) is 0 Å².